The van der Waals surface area contributed by atoms with Gasteiger partial charge in [0, 0.05) is 41.7 Å². The molecule has 0 radical (unpaired) electrons. The van der Waals surface area contributed by atoms with Crippen LogP contribution in [0.15, 0.2) is 34.7 Å². The Labute approximate surface area is 190 Å². The lowest BCUT2D eigenvalue weighted by molar-refractivity contribution is 0.102. The number of aromatic amines is 1. The van der Waals surface area contributed by atoms with Gasteiger partial charge >= 0.3 is 0 Å². The summed E-state index contributed by atoms with van der Waals surface area (Å²) >= 11 is 3.08. The van der Waals surface area contributed by atoms with Gasteiger partial charge in [-0.25, -0.2) is 13.4 Å². The number of anilines is 1. The molecule has 0 saturated carbocycles. The Bertz CT molecular complexity index is 1220. The fourth-order valence-electron chi connectivity index (χ4n) is 3.45. The summed E-state index contributed by atoms with van der Waals surface area (Å²) in [5.41, 5.74) is 5.56. The highest BCUT2D eigenvalue weighted by atomic mass is 32.2. The Morgan fingerprint density at radius 2 is 1.81 bits per heavy atom. The van der Waals surface area contributed by atoms with E-state index in [0.29, 0.717) is 18.2 Å². The highest BCUT2D eigenvalue weighted by molar-refractivity contribution is 7.99. The molecule has 10 heteroatoms. The number of aromatic nitrogens is 2. The Kier molecular flexibility index (Phi) is 6.25. The van der Waals surface area contributed by atoms with E-state index in [-0.39, 0.29) is 10.6 Å². The molecule has 4 rings (SSSR count). The van der Waals surface area contributed by atoms with Gasteiger partial charge in [-0.3, -0.25) is 10.1 Å². The van der Waals surface area contributed by atoms with Crippen molar-refractivity contribution in [1.82, 2.24) is 14.3 Å². The topological polar surface area (TPSA) is 95.2 Å². The largest absolute Gasteiger partial charge is 0.356 e. The van der Waals surface area contributed by atoms with Crippen LogP contribution in [0.1, 0.15) is 27.2 Å². The van der Waals surface area contributed by atoms with E-state index in [1.54, 1.807) is 11.8 Å². The second-order valence-electron chi connectivity index (χ2n) is 7.51. The molecule has 1 aliphatic heterocycles. The summed E-state index contributed by atoms with van der Waals surface area (Å²) in [5, 5.41) is 5.13. The number of hydrogen-bond donors (Lipinski definition) is 2. The number of aryl methyl sites for hydroxylation is 3. The number of sulfonamides is 1. The van der Waals surface area contributed by atoms with Crippen LogP contribution in [0.3, 0.4) is 0 Å². The molecular weight excluding hydrogens is 452 g/mol. The number of thioether (sulfide) groups is 1. The summed E-state index contributed by atoms with van der Waals surface area (Å²) in [6, 6.07) is 5.62. The second kappa shape index (κ2) is 8.78. The Morgan fingerprint density at radius 3 is 2.55 bits per heavy atom. The van der Waals surface area contributed by atoms with Gasteiger partial charge in [-0.1, -0.05) is 6.07 Å². The predicted molar refractivity (Wildman–Crippen MR) is 127 cm³/mol. The lowest BCUT2D eigenvalue weighted by Crippen LogP contribution is -2.37. The van der Waals surface area contributed by atoms with Crippen molar-refractivity contribution in [1.29, 1.82) is 0 Å². The minimum atomic E-state index is -3.60. The highest BCUT2D eigenvalue weighted by Gasteiger charge is 2.28. The van der Waals surface area contributed by atoms with Crippen LogP contribution < -0.4 is 5.32 Å². The first-order valence-corrected chi connectivity index (χ1v) is 13.3. The number of nitrogens with zero attached hydrogens (tertiary/aromatic N) is 2. The predicted octanol–water partition coefficient (Wildman–Crippen LogP) is 4.05. The summed E-state index contributed by atoms with van der Waals surface area (Å²) in [6.07, 6.45) is 1.37. The fraction of sp³-hybridized carbons (Fsp3) is 0.333. The normalized spacial score (nSPS) is 15.2. The van der Waals surface area contributed by atoms with Crippen LogP contribution in [0.4, 0.5) is 5.13 Å². The van der Waals surface area contributed by atoms with Crippen molar-refractivity contribution in [3.63, 3.8) is 0 Å². The van der Waals surface area contributed by atoms with Gasteiger partial charge in [-0.15, -0.1) is 11.3 Å². The second-order valence-corrected chi connectivity index (χ2v) is 11.5. The van der Waals surface area contributed by atoms with Crippen LogP contribution >= 0.6 is 23.1 Å². The van der Waals surface area contributed by atoms with E-state index in [1.165, 1.54) is 39.0 Å². The molecule has 2 aromatic heterocycles. The first-order valence-electron chi connectivity index (χ1n) is 9.87. The lowest BCUT2D eigenvalue weighted by Gasteiger charge is -2.24. The maximum atomic E-state index is 12.8. The highest BCUT2D eigenvalue weighted by Crippen LogP contribution is 2.30. The summed E-state index contributed by atoms with van der Waals surface area (Å²) in [5.74, 6) is 1.14. The number of H-pyrrole nitrogens is 1. The van der Waals surface area contributed by atoms with Crippen molar-refractivity contribution < 1.29 is 13.2 Å². The number of carbonyl (C=O) groups excluding carboxylic acids is 1. The number of rotatable bonds is 5. The lowest BCUT2D eigenvalue weighted by atomic mass is 9.99. The van der Waals surface area contributed by atoms with E-state index >= 15 is 0 Å². The van der Waals surface area contributed by atoms with E-state index < -0.39 is 15.9 Å². The average molecular weight is 477 g/mol. The first kappa shape index (κ1) is 22.1. The van der Waals surface area contributed by atoms with Gasteiger partial charge in [0.1, 0.15) is 10.6 Å². The third-order valence-electron chi connectivity index (χ3n) is 5.35. The van der Waals surface area contributed by atoms with Crippen LogP contribution in [0.2, 0.25) is 0 Å². The summed E-state index contributed by atoms with van der Waals surface area (Å²) in [7, 11) is -3.60. The molecule has 164 valence electrons. The summed E-state index contributed by atoms with van der Waals surface area (Å²) in [6.45, 7) is 7.15. The van der Waals surface area contributed by atoms with Crippen molar-refractivity contribution in [2.24, 2.45) is 0 Å². The standard InChI is InChI=1S/C21H24N4O3S3/c1-13-8-15(3)17(9-14(13)2)19-12-30-21(23-19)24-20(26)18-10-16(11-22-18)31(27,28)25-4-6-29-7-5-25/h8-12,22H,4-7H2,1-3H3,(H,23,24,26). The number of amides is 1. The molecule has 1 fully saturated rings. The molecular formula is C21H24N4O3S3. The summed E-state index contributed by atoms with van der Waals surface area (Å²) < 4.78 is 27.0. The third-order valence-corrected chi connectivity index (χ3v) is 8.93. The number of hydrogen-bond acceptors (Lipinski definition) is 6. The fourth-order valence-corrected chi connectivity index (χ4v) is 6.72. The monoisotopic (exact) mass is 476 g/mol. The Balaban J connectivity index is 1.49. The van der Waals surface area contributed by atoms with E-state index in [1.807, 2.05) is 12.3 Å². The van der Waals surface area contributed by atoms with Gasteiger partial charge in [0.25, 0.3) is 5.91 Å². The van der Waals surface area contributed by atoms with Crippen LogP contribution in [-0.2, 0) is 10.0 Å². The maximum Gasteiger partial charge on any atom is 0.273 e. The molecule has 1 aliphatic rings. The molecule has 0 bridgehead atoms. The molecule has 0 spiro atoms. The molecule has 0 aliphatic carbocycles. The molecule has 1 amide bonds. The van der Waals surface area contributed by atoms with Gasteiger partial charge in [0.05, 0.1) is 5.69 Å². The van der Waals surface area contributed by atoms with Gasteiger partial charge < -0.3 is 4.98 Å². The minimum absolute atomic E-state index is 0.107. The minimum Gasteiger partial charge on any atom is -0.356 e. The first-order chi connectivity index (χ1) is 14.8. The zero-order chi connectivity index (χ0) is 22.2. The zero-order valence-electron chi connectivity index (χ0n) is 17.6. The van der Waals surface area contributed by atoms with Crippen LogP contribution in [0, 0.1) is 20.8 Å². The van der Waals surface area contributed by atoms with Crippen LogP contribution in [-0.4, -0.2) is 53.2 Å². The molecule has 2 N–H and O–H groups in total. The van der Waals surface area contributed by atoms with Gasteiger partial charge in [-0.05, 0) is 49.6 Å². The average Bonchev–Trinajstić information content (AvgIpc) is 3.42. The number of carbonyl (C=O) groups is 1. The molecule has 0 unspecified atom stereocenters. The van der Waals surface area contributed by atoms with Gasteiger partial charge in [0.2, 0.25) is 10.0 Å². The third kappa shape index (κ3) is 4.57. The molecule has 1 aromatic carbocycles. The van der Waals surface area contributed by atoms with Crippen LogP contribution in [0.5, 0.6) is 0 Å². The van der Waals surface area contributed by atoms with Crippen molar-refractivity contribution in [2.45, 2.75) is 25.7 Å². The van der Waals surface area contributed by atoms with Crippen molar-refractivity contribution in [2.75, 3.05) is 29.9 Å². The molecule has 31 heavy (non-hydrogen) atoms. The van der Waals surface area contributed by atoms with Crippen molar-refractivity contribution >= 4 is 44.2 Å². The van der Waals surface area contributed by atoms with Gasteiger partial charge in [-0.2, -0.15) is 16.1 Å². The number of benzene rings is 1. The molecule has 3 aromatic rings. The quantitative estimate of drug-likeness (QED) is 0.579. The van der Waals surface area contributed by atoms with Crippen molar-refractivity contribution in [3.8, 4) is 11.3 Å². The Hall–Kier alpha value is -2.14. The zero-order valence-corrected chi connectivity index (χ0v) is 20.0. The smallest absolute Gasteiger partial charge is 0.273 e. The molecule has 0 atom stereocenters. The van der Waals surface area contributed by atoms with E-state index in [9.17, 15) is 13.2 Å². The van der Waals surface area contributed by atoms with E-state index in [0.717, 1.165) is 28.3 Å². The van der Waals surface area contributed by atoms with Gasteiger partial charge in [0.15, 0.2) is 5.13 Å². The number of thiazole rings is 1. The van der Waals surface area contributed by atoms with E-state index in [4.69, 9.17) is 0 Å². The Morgan fingerprint density at radius 1 is 1.10 bits per heavy atom. The summed E-state index contributed by atoms with van der Waals surface area (Å²) in [4.78, 5) is 20.1. The number of nitrogens with one attached hydrogen (secondary N) is 2. The molecule has 7 nitrogen and oxygen atoms in total. The van der Waals surface area contributed by atoms with Crippen molar-refractivity contribution in [3.05, 3.63) is 52.2 Å². The molecule has 3 heterocycles. The molecule has 1 saturated heterocycles. The SMILES string of the molecule is Cc1cc(C)c(-c2csc(NC(=O)c3cc(S(=O)(=O)N4CCSCC4)c[nH]3)n2)cc1C. The van der Waals surface area contributed by atoms with E-state index in [2.05, 4.69) is 41.3 Å². The maximum absolute atomic E-state index is 12.8. The van der Waals surface area contributed by atoms with Crippen LogP contribution in [0.25, 0.3) is 11.3 Å².